The van der Waals surface area contributed by atoms with Gasteiger partial charge in [-0.1, -0.05) is 18.2 Å². The Labute approximate surface area is 213 Å². The first-order valence-corrected chi connectivity index (χ1v) is 12.5. The Balaban J connectivity index is 1.22. The molecule has 1 amide bonds. The van der Waals surface area contributed by atoms with Gasteiger partial charge in [-0.25, -0.2) is 0 Å². The van der Waals surface area contributed by atoms with E-state index in [9.17, 15) is 28.1 Å². The predicted octanol–water partition coefficient (Wildman–Crippen LogP) is 5.09. The number of rotatable bonds is 7. The van der Waals surface area contributed by atoms with E-state index in [1.807, 2.05) is 23.1 Å². The van der Waals surface area contributed by atoms with E-state index in [1.165, 1.54) is 6.07 Å². The van der Waals surface area contributed by atoms with Crippen LogP contribution in [-0.4, -0.2) is 60.7 Å². The molecular formula is C26H31F3N4O4. The van der Waals surface area contributed by atoms with Gasteiger partial charge in [0.1, 0.15) is 12.2 Å². The van der Waals surface area contributed by atoms with Crippen molar-refractivity contribution in [3.63, 3.8) is 0 Å². The van der Waals surface area contributed by atoms with Crippen molar-refractivity contribution in [2.45, 2.75) is 50.4 Å². The number of hydrogen-bond donors (Lipinski definition) is 1. The van der Waals surface area contributed by atoms with E-state index in [0.29, 0.717) is 38.8 Å². The van der Waals surface area contributed by atoms with Crippen LogP contribution in [0.2, 0.25) is 0 Å². The number of anilines is 2. The smallest absolute Gasteiger partial charge is 0.382 e. The van der Waals surface area contributed by atoms with Crippen LogP contribution in [0.1, 0.15) is 37.7 Å². The van der Waals surface area contributed by atoms with Crippen LogP contribution in [0, 0.1) is 10.1 Å². The number of hydrogen-bond acceptors (Lipinski definition) is 6. The van der Waals surface area contributed by atoms with Gasteiger partial charge in [0.05, 0.1) is 11.0 Å². The fourth-order valence-electron chi connectivity index (χ4n) is 4.97. The molecule has 8 nitrogen and oxygen atoms in total. The fraction of sp³-hybridized carbons (Fsp3) is 0.500. The van der Waals surface area contributed by atoms with Gasteiger partial charge in [-0.2, -0.15) is 13.2 Å². The highest BCUT2D eigenvalue weighted by Crippen LogP contribution is 2.38. The lowest BCUT2D eigenvalue weighted by Gasteiger charge is -2.30. The maximum absolute atomic E-state index is 13.2. The van der Waals surface area contributed by atoms with E-state index < -0.39 is 22.4 Å². The normalized spacial score (nSPS) is 20.8. The molecule has 2 fully saturated rings. The van der Waals surface area contributed by atoms with Gasteiger partial charge in [-0.3, -0.25) is 14.9 Å². The monoisotopic (exact) mass is 520 g/mol. The van der Waals surface area contributed by atoms with Crippen molar-refractivity contribution >= 4 is 23.0 Å². The molecule has 0 atom stereocenters. The minimum absolute atomic E-state index is 0.0192. The molecule has 0 aromatic heterocycles. The lowest BCUT2D eigenvalue weighted by atomic mass is 9.92. The minimum Gasteiger partial charge on any atom is -0.382 e. The predicted molar refractivity (Wildman–Crippen MR) is 134 cm³/mol. The number of para-hydroxylation sites is 1. The van der Waals surface area contributed by atoms with Crippen molar-refractivity contribution in [2.75, 3.05) is 43.0 Å². The molecule has 4 rings (SSSR count). The van der Waals surface area contributed by atoms with Crippen LogP contribution >= 0.6 is 0 Å². The zero-order chi connectivity index (χ0) is 26.4. The van der Waals surface area contributed by atoms with E-state index in [4.69, 9.17) is 4.74 Å². The van der Waals surface area contributed by atoms with Gasteiger partial charge >= 0.3 is 6.18 Å². The summed E-state index contributed by atoms with van der Waals surface area (Å²) in [6, 6.07) is 13.0. The highest BCUT2D eigenvalue weighted by Gasteiger charge is 2.38. The van der Waals surface area contributed by atoms with Crippen LogP contribution in [0.4, 0.5) is 30.2 Å². The Hall–Kier alpha value is -3.34. The van der Waals surface area contributed by atoms with Gasteiger partial charge in [0.15, 0.2) is 0 Å². The van der Waals surface area contributed by atoms with Gasteiger partial charge in [0, 0.05) is 49.7 Å². The van der Waals surface area contributed by atoms with Gasteiger partial charge in [0.25, 0.3) is 5.69 Å². The first-order valence-electron chi connectivity index (χ1n) is 12.5. The number of nitro groups is 1. The Morgan fingerprint density at radius 2 is 1.76 bits per heavy atom. The van der Waals surface area contributed by atoms with Crippen LogP contribution in [0.5, 0.6) is 0 Å². The van der Waals surface area contributed by atoms with Gasteiger partial charge in [0.2, 0.25) is 5.91 Å². The summed E-state index contributed by atoms with van der Waals surface area (Å²) in [7, 11) is 0. The average Bonchev–Trinajstić information content (AvgIpc) is 3.14. The van der Waals surface area contributed by atoms with Crippen LogP contribution in [-0.2, 0) is 15.7 Å². The van der Waals surface area contributed by atoms with Crippen molar-refractivity contribution in [1.29, 1.82) is 0 Å². The molecule has 1 aliphatic heterocycles. The molecule has 1 saturated heterocycles. The van der Waals surface area contributed by atoms with E-state index in [2.05, 4.69) is 22.3 Å². The summed E-state index contributed by atoms with van der Waals surface area (Å²) >= 11 is 0. The molecule has 2 aliphatic rings. The van der Waals surface area contributed by atoms with Crippen molar-refractivity contribution in [2.24, 2.45) is 0 Å². The van der Waals surface area contributed by atoms with Crippen molar-refractivity contribution in [1.82, 2.24) is 4.90 Å². The third-order valence-corrected chi connectivity index (χ3v) is 6.96. The van der Waals surface area contributed by atoms with Crippen molar-refractivity contribution in [3.05, 3.63) is 64.2 Å². The quantitative estimate of drug-likeness (QED) is 0.404. The third kappa shape index (κ3) is 7.12. The molecule has 1 aliphatic carbocycles. The lowest BCUT2D eigenvalue weighted by molar-refractivity contribution is -0.388. The summed E-state index contributed by atoms with van der Waals surface area (Å²) in [6.45, 7) is 3.02. The average molecular weight is 521 g/mol. The molecule has 37 heavy (non-hydrogen) atoms. The van der Waals surface area contributed by atoms with Gasteiger partial charge in [-0.15, -0.1) is 0 Å². The number of amides is 1. The van der Waals surface area contributed by atoms with Crippen LogP contribution in [0.15, 0.2) is 48.5 Å². The number of carbonyl (C=O) groups excluding carboxylic acids is 1. The largest absolute Gasteiger partial charge is 0.423 e. The van der Waals surface area contributed by atoms with Crippen molar-refractivity contribution < 1.29 is 27.6 Å². The molecule has 0 unspecified atom stereocenters. The molecular weight excluding hydrogens is 489 g/mol. The highest BCUT2D eigenvalue weighted by atomic mass is 19.4. The summed E-state index contributed by atoms with van der Waals surface area (Å²) < 4.78 is 45.6. The second-order valence-electron chi connectivity index (χ2n) is 9.47. The summed E-state index contributed by atoms with van der Waals surface area (Å²) in [6.07, 6.45) is -1.35. The van der Waals surface area contributed by atoms with E-state index >= 15 is 0 Å². The third-order valence-electron chi connectivity index (χ3n) is 6.96. The SMILES string of the molecule is O=C(COC1CCC(Nc2ccc([N+](=O)[O-])c(C(F)(F)F)c2)CC1)N1CCCN(c2ccccc2)CC1. The van der Waals surface area contributed by atoms with E-state index in [0.717, 1.165) is 37.3 Å². The topological polar surface area (TPSA) is 87.9 Å². The number of carbonyl (C=O) groups is 1. The zero-order valence-corrected chi connectivity index (χ0v) is 20.5. The number of alkyl halides is 3. The Kier molecular flexibility index (Phi) is 8.52. The molecule has 2 aromatic rings. The molecule has 0 spiro atoms. The summed E-state index contributed by atoms with van der Waals surface area (Å²) in [5.74, 6) is -0.0271. The first-order chi connectivity index (χ1) is 17.7. The second kappa shape index (κ2) is 11.8. The number of nitrogens with one attached hydrogen (secondary N) is 1. The summed E-state index contributed by atoms with van der Waals surface area (Å²) in [5.41, 5.74) is -0.875. The number of nitrogens with zero attached hydrogens (tertiary/aromatic N) is 3. The molecule has 1 N–H and O–H groups in total. The lowest BCUT2D eigenvalue weighted by Crippen LogP contribution is -2.39. The van der Waals surface area contributed by atoms with Gasteiger partial charge < -0.3 is 19.9 Å². The Morgan fingerprint density at radius 3 is 2.43 bits per heavy atom. The minimum atomic E-state index is -4.81. The molecule has 0 radical (unpaired) electrons. The molecule has 1 saturated carbocycles. The maximum atomic E-state index is 13.2. The molecule has 0 bridgehead atoms. The second-order valence-corrected chi connectivity index (χ2v) is 9.47. The first kappa shape index (κ1) is 26.7. The number of halogens is 3. The summed E-state index contributed by atoms with van der Waals surface area (Å²) in [4.78, 5) is 26.8. The molecule has 11 heteroatoms. The number of benzene rings is 2. The van der Waals surface area contributed by atoms with Crippen LogP contribution in [0.25, 0.3) is 0 Å². The highest BCUT2D eigenvalue weighted by molar-refractivity contribution is 5.77. The van der Waals surface area contributed by atoms with E-state index in [-0.39, 0.29) is 30.3 Å². The van der Waals surface area contributed by atoms with Crippen LogP contribution < -0.4 is 10.2 Å². The molecule has 2 aromatic carbocycles. The fourth-order valence-corrected chi connectivity index (χ4v) is 4.97. The van der Waals surface area contributed by atoms with Crippen LogP contribution in [0.3, 0.4) is 0 Å². The van der Waals surface area contributed by atoms with Gasteiger partial charge in [-0.05, 0) is 56.4 Å². The molecule has 200 valence electrons. The number of nitro benzene ring substituents is 1. The Morgan fingerprint density at radius 1 is 1.03 bits per heavy atom. The molecule has 1 heterocycles. The van der Waals surface area contributed by atoms with Crippen molar-refractivity contribution in [3.8, 4) is 0 Å². The summed E-state index contributed by atoms with van der Waals surface area (Å²) in [5, 5.41) is 14.0. The maximum Gasteiger partial charge on any atom is 0.423 e. The zero-order valence-electron chi connectivity index (χ0n) is 20.5. The standard InChI is InChI=1S/C26H31F3N4O4/c27-26(28,29)23-17-20(9-12-24(23)33(35)36)30-19-7-10-22(11-8-19)37-18-25(34)32-14-4-13-31(15-16-32)21-5-2-1-3-6-21/h1-3,5-6,9,12,17,19,22,30H,4,7-8,10-11,13-16,18H2. The number of ether oxygens (including phenoxy) is 1. The Bertz CT molecular complexity index is 1080. The van der Waals surface area contributed by atoms with E-state index in [1.54, 1.807) is 0 Å².